The lowest BCUT2D eigenvalue weighted by Crippen LogP contribution is -2.51. The summed E-state index contributed by atoms with van der Waals surface area (Å²) in [4.78, 5) is 17.1. The molecule has 1 saturated heterocycles. The molecule has 2 atom stereocenters. The first-order valence-electron chi connectivity index (χ1n) is 7.46. The normalized spacial score (nSPS) is 25.7. The summed E-state index contributed by atoms with van der Waals surface area (Å²) < 4.78 is 5.43. The van der Waals surface area contributed by atoms with Gasteiger partial charge in [0.05, 0.1) is 11.0 Å². The van der Waals surface area contributed by atoms with Gasteiger partial charge in [0.1, 0.15) is 0 Å². The van der Waals surface area contributed by atoms with Gasteiger partial charge in [0.15, 0.2) is 0 Å². The maximum Gasteiger partial charge on any atom is 0.264 e. The Balaban J connectivity index is 1.76. The Morgan fingerprint density at radius 1 is 1.57 bits per heavy atom. The van der Waals surface area contributed by atoms with E-state index in [-0.39, 0.29) is 18.1 Å². The van der Waals surface area contributed by atoms with E-state index in [2.05, 4.69) is 6.07 Å². The highest BCUT2D eigenvalue weighted by molar-refractivity contribution is 7.98. The number of fused-ring (bicyclic) bond motifs is 1. The van der Waals surface area contributed by atoms with Crippen molar-refractivity contribution in [1.29, 1.82) is 0 Å². The Morgan fingerprint density at radius 2 is 2.43 bits per heavy atom. The summed E-state index contributed by atoms with van der Waals surface area (Å²) in [6.07, 6.45) is 3.08. The molecule has 0 spiro atoms. The third-order valence-electron chi connectivity index (χ3n) is 4.37. The molecule has 1 aromatic rings. The lowest BCUT2D eigenvalue weighted by molar-refractivity contribution is 0.0141. The van der Waals surface area contributed by atoms with Gasteiger partial charge in [0.2, 0.25) is 0 Å². The number of piperidine rings is 1. The topological polar surface area (TPSA) is 55.6 Å². The highest BCUT2D eigenvalue weighted by Gasteiger charge is 2.32. The van der Waals surface area contributed by atoms with Crippen LogP contribution in [0.5, 0.6) is 0 Å². The van der Waals surface area contributed by atoms with Crippen molar-refractivity contribution in [2.24, 2.45) is 5.73 Å². The van der Waals surface area contributed by atoms with E-state index in [1.165, 1.54) is 16.2 Å². The molecule has 0 bridgehead atoms. The number of thiophene rings is 1. The van der Waals surface area contributed by atoms with Crippen molar-refractivity contribution in [3.8, 4) is 0 Å². The molecule has 0 saturated carbocycles. The van der Waals surface area contributed by atoms with Crippen molar-refractivity contribution in [3.63, 3.8) is 0 Å². The van der Waals surface area contributed by atoms with E-state index < -0.39 is 0 Å². The summed E-state index contributed by atoms with van der Waals surface area (Å²) in [5.41, 5.74) is 7.23. The van der Waals surface area contributed by atoms with Gasteiger partial charge < -0.3 is 15.4 Å². The van der Waals surface area contributed by atoms with Crippen LogP contribution in [0.4, 0.5) is 0 Å². The number of rotatable bonds is 3. The van der Waals surface area contributed by atoms with E-state index in [1.54, 1.807) is 18.4 Å². The molecular formula is C15H22N2O2S2. The molecule has 2 unspecified atom stereocenters. The lowest BCUT2D eigenvalue weighted by Gasteiger charge is -2.38. The predicted molar refractivity (Wildman–Crippen MR) is 88.1 cm³/mol. The van der Waals surface area contributed by atoms with Crippen LogP contribution in [0.1, 0.15) is 33.0 Å². The Labute approximate surface area is 134 Å². The number of hydrogen-bond donors (Lipinski definition) is 1. The Bertz CT molecular complexity index is 494. The summed E-state index contributed by atoms with van der Waals surface area (Å²) >= 11 is 3.63. The smallest absolute Gasteiger partial charge is 0.264 e. The molecule has 1 amide bonds. The Kier molecular flexibility index (Phi) is 4.88. The molecule has 1 aromatic heterocycles. The van der Waals surface area contributed by atoms with Gasteiger partial charge in [-0.3, -0.25) is 4.79 Å². The number of methoxy groups -OCH3 is 1. The zero-order chi connectivity index (χ0) is 14.8. The van der Waals surface area contributed by atoms with Crippen LogP contribution in [0, 0.1) is 0 Å². The molecule has 4 nitrogen and oxygen atoms in total. The number of aryl methyl sites for hydroxylation is 1. The second-order valence-corrected chi connectivity index (χ2v) is 7.87. The Morgan fingerprint density at radius 3 is 3.14 bits per heavy atom. The van der Waals surface area contributed by atoms with E-state index >= 15 is 0 Å². The van der Waals surface area contributed by atoms with Crippen molar-refractivity contribution in [1.82, 2.24) is 4.90 Å². The predicted octanol–water partition coefficient (Wildman–Crippen LogP) is 2.12. The fraction of sp³-hybridized carbons (Fsp3) is 0.667. The third kappa shape index (κ3) is 3.13. The quantitative estimate of drug-likeness (QED) is 0.924. The van der Waals surface area contributed by atoms with Gasteiger partial charge in [-0.05, 0) is 36.6 Å². The number of hydrogen-bond acceptors (Lipinski definition) is 5. The zero-order valence-electron chi connectivity index (χ0n) is 12.3. The highest BCUT2D eigenvalue weighted by Crippen LogP contribution is 2.33. The molecular weight excluding hydrogens is 304 g/mol. The number of thioether (sulfide) groups is 1. The maximum absolute atomic E-state index is 12.8. The number of amides is 1. The fourth-order valence-electron chi connectivity index (χ4n) is 3.11. The molecule has 3 heterocycles. The first-order chi connectivity index (χ1) is 10.2. The molecule has 21 heavy (non-hydrogen) atoms. The molecule has 3 rings (SSSR count). The molecule has 0 aromatic carbocycles. The summed E-state index contributed by atoms with van der Waals surface area (Å²) in [5.74, 6) is 2.38. The standard InChI is InChI=1S/C15H22N2O2S2/c1-19-12-2-4-17(11(7-12)8-16)15(18)14-6-10-9-20-5-3-13(10)21-14/h6,11-12H,2-5,7-9,16H2,1H3. The van der Waals surface area contributed by atoms with E-state index in [0.29, 0.717) is 6.54 Å². The van der Waals surface area contributed by atoms with Crippen LogP contribution < -0.4 is 5.73 Å². The zero-order valence-corrected chi connectivity index (χ0v) is 14.0. The number of likely N-dealkylation sites (tertiary alicyclic amines) is 1. The van der Waals surface area contributed by atoms with Crippen LogP contribution in [0.25, 0.3) is 0 Å². The van der Waals surface area contributed by atoms with Crippen molar-refractivity contribution in [3.05, 3.63) is 21.4 Å². The van der Waals surface area contributed by atoms with Crippen LogP contribution in [0.15, 0.2) is 6.07 Å². The minimum atomic E-state index is 0.102. The number of carbonyl (C=O) groups excluding carboxylic acids is 1. The summed E-state index contributed by atoms with van der Waals surface area (Å²) in [6, 6.07) is 2.20. The van der Waals surface area contributed by atoms with Gasteiger partial charge >= 0.3 is 0 Å². The molecule has 2 aliphatic rings. The number of ether oxygens (including phenoxy) is 1. The first kappa shape index (κ1) is 15.3. The molecule has 0 radical (unpaired) electrons. The van der Waals surface area contributed by atoms with Crippen molar-refractivity contribution >= 4 is 29.0 Å². The van der Waals surface area contributed by atoms with Gasteiger partial charge in [-0.15, -0.1) is 11.3 Å². The van der Waals surface area contributed by atoms with Crippen molar-refractivity contribution in [2.75, 3.05) is 26.0 Å². The number of nitrogens with two attached hydrogens (primary N) is 1. The van der Waals surface area contributed by atoms with Crippen LogP contribution in [0.2, 0.25) is 0 Å². The van der Waals surface area contributed by atoms with Crippen LogP contribution >= 0.6 is 23.1 Å². The van der Waals surface area contributed by atoms with E-state index in [1.807, 2.05) is 16.7 Å². The maximum atomic E-state index is 12.8. The van der Waals surface area contributed by atoms with Gasteiger partial charge in [0.25, 0.3) is 5.91 Å². The van der Waals surface area contributed by atoms with Crippen LogP contribution in [0.3, 0.4) is 0 Å². The van der Waals surface area contributed by atoms with Crippen molar-refractivity contribution < 1.29 is 9.53 Å². The summed E-state index contributed by atoms with van der Waals surface area (Å²) in [5, 5.41) is 0. The average molecular weight is 326 g/mol. The summed E-state index contributed by atoms with van der Waals surface area (Å²) in [6.45, 7) is 1.25. The largest absolute Gasteiger partial charge is 0.381 e. The minimum absolute atomic E-state index is 0.102. The SMILES string of the molecule is COC1CCN(C(=O)c2cc3c(s2)CCSC3)C(CN)C1. The molecule has 2 aliphatic heterocycles. The van der Waals surface area contributed by atoms with Gasteiger partial charge in [-0.2, -0.15) is 11.8 Å². The fourth-order valence-corrected chi connectivity index (χ4v) is 5.44. The monoisotopic (exact) mass is 326 g/mol. The van der Waals surface area contributed by atoms with Gasteiger partial charge in [-0.25, -0.2) is 0 Å². The first-order valence-corrected chi connectivity index (χ1v) is 9.43. The molecule has 116 valence electrons. The van der Waals surface area contributed by atoms with Crippen LogP contribution in [-0.2, 0) is 16.9 Å². The molecule has 6 heteroatoms. The van der Waals surface area contributed by atoms with Crippen molar-refractivity contribution in [2.45, 2.75) is 37.2 Å². The van der Waals surface area contributed by atoms with Gasteiger partial charge in [0, 0.05) is 36.9 Å². The molecule has 2 N–H and O–H groups in total. The van der Waals surface area contributed by atoms with E-state index in [9.17, 15) is 4.79 Å². The second kappa shape index (κ2) is 6.69. The summed E-state index contributed by atoms with van der Waals surface area (Å²) in [7, 11) is 1.74. The second-order valence-electron chi connectivity index (χ2n) is 5.63. The van der Waals surface area contributed by atoms with E-state index in [0.717, 1.165) is 36.4 Å². The molecule has 1 fully saturated rings. The lowest BCUT2D eigenvalue weighted by atomic mass is 9.99. The minimum Gasteiger partial charge on any atom is -0.381 e. The van der Waals surface area contributed by atoms with Crippen LogP contribution in [-0.4, -0.2) is 48.9 Å². The number of carbonyl (C=O) groups is 1. The Hall–Kier alpha value is -0.560. The highest BCUT2D eigenvalue weighted by atomic mass is 32.2. The van der Waals surface area contributed by atoms with E-state index in [4.69, 9.17) is 10.5 Å². The van der Waals surface area contributed by atoms with Gasteiger partial charge in [-0.1, -0.05) is 0 Å². The third-order valence-corrected chi connectivity index (χ3v) is 6.61. The number of nitrogens with zero attached hydrogens (tertiary/aromatic N) is 1. The average Bonchev–Trinajstić information content (AvgIpc) is 2.97. The molecule has 0 aliphatic carbocycles.